The molecule has 0 atom stereocenters. The first-order chi connectivity index (χ1) is 6.13. The summed E-state index contributed by atoms with van der Waals surface area (Å²) >= 11 is 7.24. The van der Waals surface area contributed by atoms with Gasteiger partial charge in [0.1, 0.15) is 6.07 Å². The Labute approximate surface area is 93.2 Å². The lowest BCUT2D eigenvalue weighted by Gasteiger charge is -1.96. The van der Waals surface area contributed by atoms with Gasteiger partial charge in [-0.1, -0.05) is 11.6 Å². The van der Waals surface area contributed by atoms with Gasteiger partial charge in [-0.25, -0.2) is 0 Å². The van der Waals surface area contributed by atoms with E-state index in [4.69, 9.17) is 16.9 Å². The van der Waals surface area contributed by atoms with Crippen molar-refractivity contribution in [1.29, 1.82) is 5.26 Å². The van der Waals surface area contributed by atoms with Crippen molar-refractivity contribution in [2.75, 3.05) is 0 Å². The highest BCUT2D eigenvalue weighted by molar-refractivity contribution is 14.1. The van der Waals surface area contributed by atoms with Crippen LogP contribution in [0.2, 0.25) is 5.02 Å². The van der Waals surface area contributed by atoms with Gasteiger partial charge >= 0.3 is 0 Å². The first kappa shape index (κ1) is 10.4. The number of halogens is 3. The summed E-state index contributed by atoms with van der Waals surface area (Å²) in [6.07, 6.45) is 2.54. The highest BCUT2D eigenvalue weighted by atomic mass is 127. The molecule has 0 spiro atoms. The summed E-state index contributed by atoms with van der Waals surface area (Å²) in [5, 5.41) is 8.76. The maximum atomic E-state index is 12.4. The zero-order chi connectivity index (χ0) is 9.84. The molecule has 0 aliphatic rings. The zero-order valence-electron chi connectivity index (χ0n) is 6.26. The molecule has 2 nitrogen and oxygen atoms in total. The fourth-order valence-corrected chi connectivity index (χ4v) is 1.24. The maximum Gasteiger partial charge on any atom is 0.162 e. The summed E-state index contributed by atoms with van der Waals surface area (Å²) in [5.41, 5.74) is 0.684. The molecular formula is C8H3ClFIN2. The van der Waals surface area contributed by atoms with E-state index in [1.54, 1.807) is 0 Å². The van der Waals surface area contributed by atoms with Crippen LogP contribution >= 0.6 is 34.2 Å². The number of hydrogen-bond acceptors (Lipinski definition) is 2. The molecule has 0 N–H and O–H groups in total. The lowest BCUT2D eigenvalue weighted by Crippen LogP contribution is -1.84. The van der Waals surface area contributed by atoms with Gasteiger partial charge < -0.3 is 0 Å². The van der Waals surface area contributed by atoms with E-state index in [1.807, 2.05) is 6.07 Å². The summed E-state index contributed by atoms with van der Waals surface area (Å²) in [7, 11) is 0. The van der Waals surface area contributed by atoms with Crippen LogP contribution in [0.25, 0.3) is 6.08 Å². The first-order valence-corrected chi connectivity index (χ1v) is 4.67. The molecule has 66 valence electrons. The van der Waals surface area contributed by atoms with Crippen molar-refractivity contribution in [2.24, 2.45) is 0 Å². The number of nitriles is 1. The number of rotatable bonds is 1. The summed E-state index contributed by atoms with van der Waals surface area (Å²) in [5.74, 6) is 0. The summed E-state index contributed by atoms with van der Waals surface area (Å²) in [4.78, 5) is 3.81. The number of nitrogens with zero attached hydrogens (tertiary/aromatic N) is 2. The van der Waals surface area contributed by atoms with E-state index in [9.17, 15) is 4.39 Å². The van der Waals surface area contributed by atoms with E-state index in [-0.39, 0.29) is 5.02 Å². The smallest absolute Gasteiger partial charge is 0.162 e. The van der Waals surface area contributed by atoms with Crippen molar-refractivity contribution in [3.05, 3.63) is 32.4 Å². The largest absolute Gasteiger partial charge is 0.254 e. The molecule has 0 aliphatic heterocycles. The van der Waals surface area contributed by atoms with Gasteiger partial charge in [-0.15, -0.1) is 0 Å². The molecule has 1 aromatic heterocycles. The molecule has 0 saturated heterocycles. The van der Waals surface area contributed by atoms with E-state index < -0.39 is 3.83 Å². The predicted molar refractivity (Wildman–Crippen MR) is 57.1 cm³/mol. The van der Waals surface area contributed by atoms with Gasteiger partial charge in [-0.3, -0.25) is 4.98 Å². The van der Waals surface area contributed by atoms with Gasteiger partial charge in [0.15, 0.2) is 3.83 Å². The van der Waals surface area contributed by atoms with Crippen LogP contribution < -0.4 is 0 Å². The Bertz CT molecular complexity index is 394. The van der Waals surface area contributed by atoms with E-state index in [0.717, 1.165) is 0 Å². The molecule has 1 rings (SSSR count). The molecule has 0 bridgehead atoms. The number of hydrogen-bond donors (Lipinski definition) is 0. The molecule has 0 saturated carbocycles. The number of aromatic nitrogens is 1. The van der Waals surface area contributed by atoms with Gasteiger partial charge in [-0.2, -0.15) is 9.65 Å². The Hall–Kier alpha value is -0.670. The van der Waals surface area contributed by atoms with Gasteiger partial charge in [-0.05, 0) is 28.7 Å². The molecule has 0 unspecified atom stereocenters. The van der Waals surface area contributed by atoms with E-state index in [2.05, 4.69) is 4.98 Å². The standard InChI is InChI=1S/C8H3ClFIN2/c9-6-1-5(3-12)4-13-7(6)2-8(10)11/h1-2,4H/b8-2-. The average Bonchev–Trinajstić information content (AvgIpc) is 2.08. The minimum absolute atomic E-state index is 0.269. The van der Waals surface area contributed by atoms with Crippen molar-refractivity contribution in [3.8, 4) is 6.07 Å². The molecule has 5 heteroatoms. The van der Waals surface area contributed by atoms with Gasteiger partial charge in [0.25, 0.3) is 0 Å². The van der Waals surface area contributed by atoms with Crippen LogP contribution in [0.4, 0.5) is 4.39 Å². The first-order valence-electron chi connectivity index (χ1n) is 3.22. The fraction of sp³-hybridized carbons (Fsp3) is 0. The third-order valence-electron chi connectivity index (χ3n) is 1.24. The molecule has 13 heavy (non-hydrogen) atoms. The van der Waals surface area contributed by atoms with Gasteiger partial charge in [0, 0.05) is 12.3 Å². The van der Waals surface area contributed by atoms with Crippen molar-refractivity contribution in [3.63, 3.8) is 0 Å². The Morgan fingerprint density at radius 3 is 2.92 bits per heavy atom. The fourth-order valence-electron chi connectivity index (χ4n) is 0.719. The van der Waals surface area contributed by atoms with Crippen LogP contribution in [0.5, 0.6) is 0 Å². The van der Waals surface area contributed by atoms with Crippen molar-refractivity contribution in [2.45, 2.75) is 0 Å². The second-order valence-electron chi connectivity index (χ2n) is 2.14. The maximum absolute atomic E-state index is 12.4. The van der Waals surface area contributed by atoms with Crippen molar-refractivity contribution < 1.29 is 4.39 Å². The average molecular weight is 308 g/mol. The lowest BCUT2D eigenvalue weighted by molar-refractivity contribution is 0.717. The van der Waals surface area contributed by atoms with Crippen LogP contribution in [0.1, 0.15) is 11.3 Å². The number of pyridine rings is 1. The van der Waals surface area contributed by atoms with Crippen molar-refractivity contribution in [1.82, 2.24) is 4.98 Å². The third-order valence-corrected chi connectivity index (χ3v) is 1.86. The lowest BCUT2D eigenvalue weighted by atomic mass is 10.2. The quantitative estimate of drug-likeness (QED) is 0.746. The Morgan fingerprint density at radius 1 is 1.77 bits per heavy atom. The monoisotopic (exact) mass is 308 g/mol. The highest BCUT2D eigenvalue weighted by Crippen LogP contribution is 2.20. The highest BCUT2D eigenvalue weighted by Gasteiger charge is 2.01. The molecule has 0 radical (unpaired) electrons. The molecule has 0 aromatic carbocycles. The van der Waals surface area contributed by atoms with Crippen LogP contribution in [0, 0.1) is 11.3 Å². The Kier molecular flexibility index (Phi) is 3.63. The topological polar surface area (TPSA) is 36.7 Å². The second kappa shape index (κ2) is 4.53. The minimum atomic E-state index is -0.406. The summed E-state index contributed by atoms with van der Waals surface area (Å²) in [6, 6.07) is 3.33. The second-order valence-corrected chi connectivity index (χ2v) is 3.57. The molecular weight excluding hydrogens is 305 g/mol. The molecule has 0 fully saturated rings. The normalized spacial score (nSPS) is 11.1. The SMILES string of the molecule is N#Cc1cnc(/C=C(/F)I)c(Cl)c1. The molecule has 0 amide bonds. The van der Waals surface area contributed by atoms with Crippen LogP contribution in [0.15, 0.2) is 16.1 Å². The molecule has 0 aliphatic carbocycles. The summed E-state index contributed by atoms with van der Waals surface area (Å²) in [6.45, 7) is 0. The van der Waals surface area contributed by atoms with Crippen LogP contribution in [-0.4, -0.2) is 4.98 Å². The molecule has 1 aromatic rings. The zero-order valence-corrected chi connectivity index (χ0v) is 9.17. The van der Waals surface area contributed by atoms with Crippen LogP contribution in [-0.2, 0) is 0 Å². The Morgan fingerprint density at radius 2 is 2.46 bits per heavy atom. The third kappa shape index (κ3) is 2.94. The van der Waals surface area contributed by atoms with E-state index >= 15 is 0 Å². The van der Waals surface area contributed by atoms with Gasteiger partial charge in [0.05, 0.1) is 16.3 Å². The molecule has 1 heterocycles. The predicted octanol–water partition coefficient (Wildman–Crippen LogP) is 3.31. The van der Waals surface area contributed by atoms with E-state index in [0.29, 0.717) is 11.3 Å². The van der Waals surface area contributed by atoms with Gasteiger partial charge in [0.2, 0.25) is 0 Å². The Balaban J connectivity index is 3.15. The van der Waals surface area contributed by atoms with Crippen molar-refractivity contribution >= 4 is 40.3 Å². The minimum Gasteiger partial charge on any atom is -0.254 e. The summed E-state index contributed by atoms with van der Waals surface area (Å²) < 4.78 is 12.0. The van der Waals surface area contributed by atoms with E-state index in [1.165, 1.54) is 40.9 Å². The van der Waals surface area contributed by atoms with Crippen LogP contribution in [0.3, 0.4) is 0 Å².